The molecule has 5 heteroatoms. The number of para-hydroxylation sites is 1. The van der Waals surface area contributed by atoms with Crippen LogP contribution in [0.25, 0.3) is 0 Å². The molecule has 1 aromatic carbocycles. The van der Waals surface area contributed by atoms with E-state index in [4.69, 9.17) is 9.47 Å². The molecule has 2 aliphatic heterocycles. The molecule has 1 amide bonds. The lowest BCUT2D eigenvalue weighted by atomic mass is 10.1. The number of benzene rings is 1. The van der Waals surface area contributed by atoms with E-state index in [2.05, 4.69) is 11.0 Å². The molecule has 2 aliphatic rings. The minimum atomic E-state index is 0.105. The predicted octanol–water partition coefficient (Wildman–Crippen LogP) is 2.69. The van der Waals surface area contributed by atoms with Crippen LogP contribution in [0.4, 0.5) is 0 Å². The van der Waals surface area contributed by atoms with Crippen LogP contribution in [-0.4, -0.2) is 61.7 Å². The molecule has 0 spiro atoms. The maximum atomic E-state index is 12.3. The van der Waals surface area contributed by atoms with Gasteiger partial charge in [0.1, 0.15) is 5.75 Å². The summed E-state index contributed by atoms with van der Waals surface area (Å²) in [7, 11) is 1.76. The van der Waals surface area contributed by atoms with Crippen molar-refractivity contribution >= 4 is 5.91 Å². The number of hydrogen-bond acceptors (Lipinski definition) is 4. The normalized spacial score (nSPS) is 21.5. The first-order valence-electron chi connectivity index (χ1n) is 9.49. The van der Waals surface area contributed by atoms with Crippen LogP contribution in [0.3, 0.4) is 0 Å². The molecule has 2 saturated heterocycles. The fraction of sp³-hybridized carbons (Fsp3) is 0.650. The summed E-state index contributed by atoms with van der Waals surface area (Å²) in [6.45, 7) is 4.60. The molecule has 3 rings (SSSR count). The van der Waals surface area contributed by atoms with E-state index in [0.717, 1.165) is 56.9 Å². The molecular formula is C20H30N2O3. The maximum Gasteiger partial charge on any atom is 0.260 e. The zero-order chi connectivity index (χ0) is 17.5. The van der Waals surface area contributed by atoms with Crippen LogP contribution in [0.5, 0.6) is 5.75 Å². The third kappa shape index (κ3) is 4.95. The molecule has 0 N–H and O–H groups in total. The first-order valence-corrected chi connectivity index (χ1v) is 9.49. The van der Waals surface area contributed by atoms with Gasteiger partial charge in [-0.3, -0.25) is 9.69 Å². The van der Waals surface area contributed by atoms with Gasteiger partial charge in [-0.1, -0.05) is 18.2 Å². The number of amides is 1. The second-order valence-corrected chi connectivity index (χ2v) is 7.06. The summed E-state index contributed by atoms with van der Waals surface area (Å²) in [5.41, 5.74) is 1.15. The number of methoxy groups -OCH3 is 1. The summed E-state index contributed by atoms with van der Waals surface area (Å²) in [5.74, 6) is 0.934. The lowest BCUT2D eigenvalue weighted by Crippen LogP contribution is -2.38. The van der Waals surface area contributed by atoms with E-state index in [9.17, 15) is 4.79 Å². The van der Waals surface area contributed by atoms with Crippen molar-refractivity contribution < 1.29 is 14.3 Å². The highest BCUT2D eigenvalue weighted by Gasteiger charge is 2.25. The molecule has 138 valence electrons. The van der Waals surface area contributed by atoms with Crippen molar-refractivity contribution in [2.45, 2.75) is 44.7 Å². The van der Waals surface area contributed by atoms with Crippen LogP contribution in [0, 0.1) is 0 Å². The zero-order valence-electron chi connectivity index (χ0n) is 15.3. The molecule has 0 unspecified atom stereocenters. The Labute approximate surface area is 150 Å². The van der Waals surface area contributed by atoms with E-state index >= 15 is 0 Å². The monoisotopic (exact) mass is 346 g/mol. The van der Waals surface area contributed by atoms with Crippen molar-refractivity contribution in [3.05, 3.63) is 29.8 Å². The average Bonchev–Trinajstić information content (AvgIpc) is 3.09. The van der Waals surface area contributed by atoms with Gasteiger partial charge in [-0.05, 0) is 44.7 Å². The van der Waals surface area contributed by atoms with E-state index in [0.29, 0.717) is 6.04 Å². The summed E-state index contributed by atoms with van der Waals surface area (Å²) in [6, 6.07) is 8.56. The molecule has 0 bridgehead atoms. The topological polar surface area (TPSA) is 42.0 Å². The fourth-order valence-electron chi connectivity index (χ4n) is 3.85. The predicted molar refractivity (Wildman–Crippen MR) is 97.7 cm³/mol. The van der Waals surface area contributed by atoms with Crippen LogP contribution in [0.1, 0.15) is 37.7 Å². The zero-order valence-corrected chi connectivity index (χ0v) is 15.3. The number of ether oxygens (including phenoxy) is 2. The Balaban J connectivity index is 1.58. The lowest BCUT2D eigenvalue weighted by Gasteiger charge is -2.27. The highest BCUT2D eigenvalue weighted by atomic mass is 16.5. The molecular weight excluding hydrogens is 316 g/mol. The van der Waals surface area contributed by atoms with Gasteiger partial charge < -0.3 is 14.4 Å². The molecule has 0 saturated carbocycles. The Hall–Kier alpha value is -1.59. The quantitative estimate of drug-likeness (QED) is 0.761. The van der Waals surface area contributed by atoms with E-state index in [1.165, 1.54) is 19.3 Å². The average molecular weight is 346 g/mol. The Morgan fingerprint density at radius 2 is 1.92 bits per heavy atom. The van der Waals surface area contributed by atoms with E-state index in [-0.39, 0.29) is 12.5 Å². The van der Waals surface area contributed by atoms with Crippen molar-refractivity contribution in [3.8, 4) is 5.75 Å². The maximum absolute atomic E-state index is 12.3. The van der Waals surface area contributed by atoms with Crippen LogP contribution >= 0.6 is 0 Å². The van der Waals surface area contributed by atoms with Gasteiger partial charge in [0.25, 0.3) is 5.91 Å². The number of hydrogen-bond donors (Lipinski definition) is 0. The van der Waals surface area contributed by atoms with Crippen LogP contribution in [0.2, 0.25) is 0 Å². The molecule has 25 heavy (non-hydrogen) atoms. The lowest BCUT2D eigenvalue weighted by molar-refractivity contribution is -0.134. The highest BCUT2D eigenvalue weighted by Crippen LogP contribution is 2.25. The van der Waals surface area contributed by atoms with Crippen molar-refractivity contribution in [1.29, 1.82) is 0 Å². The molecule has 0 aromatic heterocycles. The van der Waals surface area contributed by atoms with E-state index in [1.807, 2.05) is 23.1 Å². The Bertz CT molecular complexity index is 558. The van der Waals surface area contributed by atoms with E-state index < -0.39 is 0 Å². The summed E-state index contributed by atoms with van der Waals surface area (Å²) in [4.78, 5) is 16.7. The summed E-state index contributed by atoms with van der Waals surface area (Å²) in [5, 5.41) is 0. The first kappa shape index (κ1) is 18.2. The molecule has 2 heterocycles. The highest BCUT2D eigenvalue weighted by molar-refractivity contribution is 5.77. The minimum Gasteiger partial charge on any atom is -0.483 e. The summed E-state index contributed by atoms with van der Waals surface area (Å²) < 4.78 is 11.3. The Kier molecular flexibility index (Phi) is 6.70. The van der Waals surface area contributed by atoms with Gasteiger partial charge in [0, 0.05) is 38.3 Å². The van der Waals surface area contributed by atoms with Gasteiger partial charge in [-0.15, -0.1) is 0 Å². The van der Waals surface area contributed by atoms with Gasteiger partial charge in [0.2, 0.25) is 0 Å². The standard InChI is InChI=1S/C20H30N2O3/c1-24-15-18-9-7-13-22(18)14-17-8-3-4-10-19(17)25-16-20(23)21-11-5-2-6-12-21/h3-4,8,10,18H,2,5-7,9,11-16H2,1H3/t18-/m0/s1. The number of nitrogens with zero attached hydrogens (tertiary/aromatic N) is 2. The number of likely N-dealkylation sites (tertiary alicyclic amines) is 2. The van der Waals surface area contributed by atoms with E-state index in [1.54, 1.807) is 7.11 Å². The van der Waals surface area contributed by atoms with Crippen molar-refractivity contribution in [2.24, 2.45) is 0 Å². The second-order valence-electron chi connectivity index (χ2n) is 7.06. The Morgan fingerprint density at radius 1 is 1.12 bits per heavy atom. The van der Waals surface area contributed by atoms with Crippen LogP contribution in [-0.2, 0) is 16.1 Å². The minimum absolute atomic E-state index is 0.105. The van der Waals surface area contributed by atoms with Crippen LogP contribution in [0.15, 0.2) is 24.3 Å². The van der Waals surface area contributed by atoms with Gasteiger partial charge in [0.15, 0.2) is 6.61 Å². The van der Waals surface area contributed by atoms with Gasteiger partial charge in [-0.25, -0.2) is 0 Å². The number of carbonyl (C=O) groups excluding carboxylic acids is 1. The smallest absolute Gasteiger partial charge is 0.260 e. The van der Waals surface area contributed by atoms with Gasteiger partial charge in [0.05, 0.1) is 6.61 Å². The summed E-state index contributed by atoms with van der Waals surface area (Å²) in [6.07, 6.45) is 5.84. The second kappa shape index (κ2) is 9.20. The van der Waals surface area contributed by atoms with Crippen molar-refractivity contribution in [1.82, 2.24) is 9.80 Å². The largest absolute Gasteiger partial charge is 0.483 e. The molecule has 0 aliphatic carbocycles. The fourth-order valence-corrected chi connectivity index (χ4v) is 3.85. The SMILES string of the molecule is COC[C@@H]1CCCN1Cc1ccccc1OCC(=O)N1CCCCC1. The Morgan fingerprint density at radius 3 is 2.72 bits per heavy atom. The molecule has 1 aromatic rings. The van der Waals surface area contributed by atoms with Gasteiger partial charge in [-0.2, -0.15) is 0 Å². The molecule has 5 nitrogen and oxygen atoms in total. The van der Waals surface area contributed by atoms with Crippen LogP contribution < -0.4 is 4.74 Å². The van der Waals surface area contributed by atoms with Gasteiger partial charge >= 0.3 is 0 Å². The first-order chi connectivity index (χ1) is 12.3. The third-order valence-electron chi connectivity index (χ3n) is 5.26. The van der Waals surface area contributed by atoms with Crippen molar-refractivity contribution in [3.63, 3.8) is 0 Å². The van der Waals surface area contributed by atoms with Crippen molar-refractivity contribution in [2.75, 3.05) is 40.0 Å². The molecule has 2 fully saturated rings. The summed E-state index contributed by atoms with van der Waals surface area (Å²) >= 11 is 0. The number of rotatable bonds is 7. The molecule has 1 atom stereocenters. The number of piperidine rings is 1. The molecule has 0 radical (unpaired) electrons. The number of carbonyl (C=O) groups is 1. The third-order valence-corrected chi connectivity index (χ3v) is 5.26.